The molecule has 2 amide bonds. The smallest absolute Gasteiger partial charge is 0.251 e. The van der Waals surface area contributed by atoms with E-state index < -0.39 is 10.0 Å². The Kier molecular flexibility index (Phi) is 7.01. The molecule has 1 saturated heterocycles. The number of hydrogen-bond donors (Lipinski definition) is 2. The van der Waals surface area contributed by atoms with Crippen molar-refractivity contribution in [2.45, 2.75) is 24.8 Å². The number of pyridine rings is 1. The number of amides is 2. The number of carbonyl (C=O) groups is 2. The van der Waals surface area contributed by atoms with Crippen LogP contribution in [0.3, 0.4) is 0 Å². The summed E-state index contributed by atoms with van der Waals surface area (Å²) in [5, 5.41) is 5.38. The lowest BCUT2D eigenvalue weighted by atomic mass is 10.2. The Hall–Kier alpha value is -2.98. The Morgan fingerprint density at radius 2 is 2.03 bits per heavy atom. The van der Waals surface area contributed by atoms with Crippen molar-refractivity contribution in [2.75, 3.05) is 26.2 Å². The molecule has 1 aliphatic heterocycles. The van der Waals surface area contributed by atoms with Crippen LogP contribution in [0.2, 0.25) is 0 Å². The van der Waals surface area contributed by atoms with E-state index in [1.165, 1.54) is 24.3 Å². The maximum Gasteiger partial charge on any atom is 0.251 e. The molecule has 3 rings (SSSR count). The van der Waals surface area contributed by atoms with Crippen molar-refractivity contribution >= 4 is 21.8 Å². The highest BCUT2D eigenvalue weighted by molar-refractivity contribution is 7.89. The lowest BCUT2D eigenvalue weighted by molar-refractivity contribution is -0.122. The molecule has 2 heterocycles. The fraction of sp³-hybridized carbons (Fsp3) is 0.350. The van der Waals surface area contributed by atoms with Crippen LogP contribution in [0.25, 0.3) is 0 Å². The summed E-state index contributed by atoms with van der Waals surface area (Å²) in [7, 11) is -3.79. The average Bonchev–Trinajstić information content (AvgIpc) is 2.76. The fourth-order valence-electron chi connectivity index (χ4n) is 2.91. The second-order valence-corrected chi connectivity index (χ2v) is 8.65. The Labute approximate surface area is 175 Å². The summed E-state index contributed by atoms with van der Waals surface area (Å²) < 4.78 is 32.1. The van der Waals surface area contributed by atoms with Crippen LogP contribution in [-0.4, -0.2) is 55.8 Å². The molecule has 30 heavy (non-hydrogen) atoms. The molecule has 2 N–H and O–H groups in total. The zero-order valence-electron chi connectivity index (χ0n) is 16.6. The second kappa shape index (κ2) is 9.68. The number of carbonyl (C=O) groups excluding carboxylic acids is 2. The Bertz CT molecular complexity index is 1010. The summed E-state index contributed by atoms with van der Waals surface area (Å²) in [6, 6.07) is 9.23. The van der Waals surface area contributed by atoms with Gasteiger partial charge >= 0.3 is 0 Å². The predicted octanol–water partition coefficient (Wildman–Crippen LogP) is 0.921. The van der Waals surface area contributed by atoms with Crippen molar-refractivity contribution in [1.29, 1.82) is 0 Å². The molecule has 9 nitrogen and oxygen atoms in total. The first-order valence-corrected chi connectivity index (χ1v) is 11.1. The van der Waals surface area contributed by atoms with Crippen molar-refractivity contribution in [2.24, 2.45) is 0 Å². The first kappa shape index (κ1) is 21.7. The highest BCUT2D eigenvalue weighted by atomic mass is 32.2. The minimum atomic E-state index is -3.79. The van der Waals surface area contributed by atoms with Gasteiger partial charge in [-0.1, -0.05) is 13.0 Å². The molecule has 1 aromatic carbocycles. The van der Waals surface area contributed by atoms with Gasteiger partial charge in [0.25, 0.3) is 5.91 Å². The quantitative estimate of drug-likeness (QED) is 0.641. The van der Waals surface area contributed by atoms with Gasteiger partial charge in [0.15, 0.2) is 0 Å². The molecule has 0 saturated carbocycles. The molecule has 1 fully saturated rings. The number of sulfonamides is 1. The zero-order chi connectivity index (χ0) is 21.6. The van der Waals surface area contributed by atoms with Gasteiger partial charge in [-0.2, -0.15) is 4.31 Å². The Morgan fingerprint density at radius 1 is 1.27 bits per heavy atom. The van der Waals surface area contributed by atoms with E-state index in [1.54, 1.807) is 12.3 Å². The van der Waals surface area contributed by atoms with E-state index in [-0.39, 0.29) is 42.9 Å². The maximum atomic E-state index is 12.7. The number of nitrogens with one attached hydrogen (secondary N) is 2. The van der Waals surface area contributed by atoms with E-state index >= 15 is 0 Å². The van der Waals surface area contributed by atoms with Gasteiger partial charge in [0.2, 0.25) is 21.8 Å². The van der Waals surface area contributed by atoms with Gasteiger partial charge in [-0.25, -0.2) is 13.4 Å². The summed E-state index contributed by atoms with van der Waals surface area (Å²) in [5.74, 6) is -0.202. The van der Waals surface area contributed by atoms with Crippen molar-refractivity contribution in [3.05, 3.63) is 53.7 Å². The van der Waals surface area contributed by atoms with Gasteiger partial charge in [-0.05, 0) is 36.8 Å². The van der Waals surface area contributed by atoms with Gasteiger partial charge in [0.05, 0.1) is 18.0 Å². The van der Waals surface area contributed by atoms with E-state index in [4.69, 9.17) is 4.74 Å². The van der Waals surface area contributed by atoms with Gasteiger partial charge in [0, 0.05) is 37.0 Å². The summed E-state index contributed by atoms with van der Waals surface area (Å²) >= 11 is 0. The van der Waals surface area contributed by atoms with Crippen LogP contribution >= 0.6 is 0 Å². The molecule has 2 aromatic rings. The SMILES string of the molecule is CCCOc1ncccc1CNC(=O)c1ccc(S(=O)(=O)N2CCNC(=O)C2)cc1. The molecule has 0 spiro atoms. The molecule has 0 atom stereocenters. The zero-order valence-corrected chi connectivity index (χ0v) is 17.4. The van der Waals surface area contributed by atoms with E-state index in [0.29, 0.717) is 18.1 Å². The average molecular weight is 433 g/mol. The molecule has 1 aliphatic rings. The third kappa shape index (κ3) is 5.14. The third-order valence-corrected chi connectivity index (χ3v) is 6.35. The monoisotopic (exact) mass is 432 g/mol. The molecule has 0 unspecified atom stereocenters. The van der Waals surface area contributed by atoms with Crippen LogP contribution in [0.1, 0.15) is 29.3 Å². The first-order chi connectivity index (χ1) is 14.4. The van der Waals surface area contributed by atoms with Crippen LogP contribution in [0.5, 0.6) is 5.88 Å². The van der Waals surface area contributed by atoms with Crippen LogP contribution in [0.15, 0.2) is 47.5 Å². The van der Waals surface area contributed by atoms with Crippen molar-refractivity contribution in [3.63, 3.8) is 0 Å². The number of ether oxygens (including phenoxy) is 1. The number of hydrogen-bond acceptors (Lipinski definition) is 6. The fourth-order valence-corrected chi connectivity index (χ4v) is 4.31. The highest BCUT2D eigenvalue weighted by Gasteiger charge is 2.29. The largest absolute Gasteiger partial charge is 0.477 e. The minimum absolute atomic E-state index is 0.0382. The lowest BCUT2D eigenvalue weighted by Crippen LogP contribution is -2.49. The number of rotatable bonds is 8. The molecule has 0 bridgehead atoms. The van der Waals surface area contributed by atoms with Gasteiger partial charge in [-0.3, -0.25) is 9.59 Å². The van der Waals surface area contributed by atoms with Crippen LogP contribution < -0.4 is 15.4 Å². The standard InChI is InChI=1S/C20H24N4O5S/c1-2-12-29-20-16(4-3-9-22-20)13-23-19(26)15-5-7-17(8-6-15)30(27,28)24-11-10-21-18(25)14-24/h3-9H,2,10-14H2,1H3,(H,21,25)(H,23,26). The highest BCUT2D eigenvalue weighted by Crippen LogP contribution is 2.18. The topological polar surface area (TPSA) is 118 Å². The van der Waals surface area contributed by atoms with Crippen LogP contribution in [0, 0.1) is 0 Å². The number of nitrogens with zero attached hydrogens (tertiary/aromatic N) is 2. The van der Waals surface area contributed by atoms with Gasteiger partial charge < -0.3 is 15.4 Å². The summed E-state index contributed by atoms with van der Waals surface area (Å²) in [6.45, 7) is 3.04. The summed E-state index contributed by atoms with van der Waals surface area (Å²) in [5.41, 5.74) is 1.08. The Balaban J connectivity index is 1.65. The van der Waals surface area contributed by atoms with E-state index in [0.717, 1.165) is 16.3 Å². The molecule has 160 valence electrons. The first-order valence-electron chi connectivity index (χ1n) is 9.63. The predicted molar refractivity (Wildman–Crippen MR) is 109 cm³/mol. The second-order valence-electron chi connectivity index (χ2n) is 6.71. The summed E-state index contributed by atoms with van der Waals surface area (Å²) in [4.78, 5) is 28.2. The molecule has 10 heteroatoms. The number of benzene rings is 1. The number of aromatic nitrogens is 1. The molecule has 0 radical (unpaired) electrons. The van der Waals surface area contributed by atoms with Crippen molar-refractivity contribution in [3.8, 4) is 5.88 Å². The van der Waals surface area contributed by atoms with E-state index in [1.807, 2.05) is 13.0 Å². The molecule has 0 aliphatic carbocycles. The maximum absolute atomic E-state index is 12.7. The van der Waals surface area contributed by atoms with Crippen LogP contribution in [-0.2, 0) is 21.4 Å². The lowest BCUT2D eigenvalue weighted by Gasteiger charge is -2.25. The van der Waals surface area contributed by atoms with Gasteiger partial charge in [-0.15, -0.1) is 0 Å². The minimum Gasteiger partial charge on any atom is -0.477 e. The van der Waals surface area contributed by atoms with Crippen molar-refractivity contribution in [1.82, 2.24) is 19.9 Å². The molecular formula is C20H24N4O5S. The summed E-state index contributed by atoms with van der Waals surface area (Å²) in [6.07, 6.45) is 2.47. The van der Waals surface area contributed by atoms with E-state index in [2.05, 4.69) is 15.6 Å². The third-order valence-electron chi connectivity index (χ3n) is 4.49. The van der Waals surface area contributed by atoms with Gasteiger partial charge in [0.1, 0.15) is 0 Å². The Morgan fingerprint density at radius 3 is 2.73 bits per heavy atom. The van der Waals surface area contributed by atoms with Crippen molar-refractivity contribution < 1.29 is 22.7 Å². The van der Waals surface area contributed by atoms with Crippen LogP contribution in [0.4, 0.5) is 0 Å². The normalized spacial score (nSPS) is 14.8. The van der Waals surface area contributed by atoms with E-state index in [9.17, 15) is 18.0 Å². The molecule has 1 aromatic heterocycles. The molecular weight excluding hydrogens is 408 g/mol. The number of piperazine rings is 1.